The lowest BCUT2D eigenvalue weighted by Gasteiger charge is -2.28. The number of nitrogens with zero attached hydrogens (tertiary/aromatic N) is 4. The van der Waals surface area contributed by atoms with E-state index in [2.05, 4.69) is 21.9 Å². The SMILES string of the molecule is COc1ncnc2c1nc(N)n2C1CCOC(C)C1. The van der Waals surface area contributed by atoms with Gasteiger partial charge in [-0.2, -0.15) is 4.98 Å². The minimum atomic E-state index is 0.222. The van der Waals surface area contributed by atoms with Crippen LogP contribution in [-0.4, -0.2) is 39.3 Å². The molecule has 0 aromatic carbocycles. The van der Waals surface area contributed by atoms with E-state index in [9.17, 15) is 0 Å². The first-order valence-electron chi connectivity index (χ1n) is 6.34. The average Bonchev–Trinajstić information content (AvgIpc) is 2.74. The molecule has 3 heterocycles. The van der Waals surface area contributed by atoms with Crippen LogP contribution in [0, 0.1) is 0 Å². The summed E-state index contributed by atoms with van der Waals surface area (Å²) in [6.07, 6.45) is 3.51. The predicted octanol–water partition coefficient (Wildman–Crippen LogP) is 1.16. The third-order valence-corrected chi connectivity index (χ3v) is 3.49. The van der Waals surface area contributed by atoms with Gasteiger partial charge in [0.15, 0.2) is 11.2 Å². The van der Waals surface area contributed by atoms with Gasteiger partial charge in [0.1, 0.15) is 6.33 Å². The molecule has 102 valence electrons. The number of hydrogen-bond acceptors (Lipinski definition) is 6. The summed E-state index contributed by atoms with van der Waals surface area (Å²) in [6, 6.07) is 0.258. The second-order valence-electron chi connectivity index (χ2n) is 4.75. The number of aromatic nitrogens is 4. The minimum absolute atomic E-state index is 0.222. The van der Waals surface area contributed by atoms with Crippen LogP contribution in [0.25, 0.3) is 11.2 Å². The van der Waals surface area contributed by atoms with Crippen LogP contribution in [0.3, 0.4) is 0 Å². The largest absolute Gasteiger partial charge is 0.479 e. The number of methoxy groups -OCH3 is 1. The Hall–Kier alpha value is -1.89. The molecule has 1 saturated heterocycles. The zero-order valence-corrected chi connectivity index (χ0v) is 11.0. The van der Waals surface area contributed by atoms with Crippen molar-refractivity contribution in [1.82, 2.24) is 19.5 Å². The number of anilines is 1. The van der Waals surface area contributed by atoms with Crippen LogP contribution in [0.2, 0.25) is 0 Å². The molecule has 1 aliphatic rings. The number of nitrogen functional groups attached to an aromatic ring is 1. The topological polar surface area (TPSA) is 88.1 Å². The van der Waals surface area contributed by atoms with Gasteiger partial charge in [-0.3, -0.25) is 4.57 Å². The molecule has 0 bridgehead atoms. The lowest BCUT2D eigenvalue weighted by Crippen LogP contribution is -2.26. The molecule has 2 atom stereocenters. The second-order valence-corrected chi connectivity index (χ2v) is 4.75. The summed E-state index contributed by atoms with van der Waals surface area (Å²) >= 11 is 0. The van der Waals surface area contributed by atoms with Crippen LogP contribution in [0.4, 0.5) is 5.95 Å². The molecule has 0 spiro atoms. The fraction of sp³-hybridized carbons (Fsp3) is 0.583. The Morgan fingerprint density at radius 2 is 2.32 bits per heavy atom. The average molecular weight is 263 g/mol. The standard InChI is InChI=1S/C12H17N5O2/c1-7-5-8(3-4-19-7)17-10-9(16-12(17)13)11(18-2)15-6-14-10/h6-8H,3-5H2,1-2H3,(H2,13,16). The van der Waals surface area contributed by atoms with Crippen LogP contribution in [0.1, 0.15) is 25.8 Å². The lowest BCUT2D eigenvalue weighted by atomic mass is 10.0. The monoisotopic (exact) mass is 263 g/mol. The molecule has 0 amide bonds. The zero-order chi connectivity index (χ0) is 13.4. The highest BCUT2D eigenvalue weighted by molar-refractivity contribution is 5.79. The molecule has 0 aliphatic carbocycles. The van der Waals surface area contributed by atoms with E-state index in [1.54, 1.807) is 7.11 Å². The van der Waals surface area contributed by atoms with Crippen LogP contribution in [0.5, 0.6) is 5.88 Å². The highest BCUT2D eigenvalue weighted by Gasteiger charge is 2.26. The molecule has 1 aliphatic heterocycles. The van der Waals surface area contributed by atoms with Crippen LogP contribution < -0.4 is 10.5 Å². The molecule has 2 unspecified atom stereocenters. The van der Waals surface area contributed by atoms with E-state index in [4.69, 9.17) is 15.2 Å². The van der Waals surface area contributed by atoms with E-state index in [0.29, 0.717) is 17.3 Å². The summed E-state index contributed by atoms with van der Waals surface area (Å²) in [5.41, 5.74) is 7.38. The molecule has 7 nitrogen and oxygen atoms in total. The van der Waals surface area contributed by atoms with Crippen molar-refractivity contribution >= 4 is 17.1 Å². The fourth-order valence-corrected chi connectivity index (χ4v) is 2.62. The van der Waals surface area contributed by atoms with Gasteiger partial charge in [-0.25, -0.2) is 9.97 Å². The Balaban J connectivity index is 2.10. The Labute approximate surface area is 110 Å². The molecular weight excluding hydrogens is 246 g/mol. The second kappa shape index (κ2) is 4.65. The van der Waals surface area contributed by atoms with E-state index in [1.165, 1.54) is 6.33 Å². The van der Waals surface area contributed by atoms with E-state index < -0.39 is 0 Å². The number of nitrogens with two attached hydrogens (primary N) is 1. The summed E-state index contributed by atoms with van der Waals surface area (Å²) < 4.78 is 12.7. The highest BCUT2D eigenvalue weighted by atomic mass is 16.5. The molecule has 7 heteroatoms. The van der Waals surface area contributed by atoms with Gasteiger partial charge in [0.25, 0.3) is 0 Å². The fourth-order valence-electron chi connectivity index (χ4n) is 2.62. The van der Waals surface area contributed by atoms with Crippen molar-refractivity contribution in [2.75, 3.05) is 19.5 Å². The zero-order valence-electron chi connectivity index (χ0n) is 11.0. The van der Waals surface area contributed by atoms with Gasteiger partial charge in [0.05, 0.1) is 13.2 Å². The first-order valence-corrected chi connectivity index (χ1v) is 6.34. The third kappa shape index (κ3) is 1.99. The normalized spacial score (nSPS) is 23.7. The Morgan fingerprint density at radius 3 is 3.05 bits per heavy atom. The van der Waals surface area contributed by atoms with E-state index >= 15 is 0 Å². The number of hydrogen-bond donors (Lipinski definition) is 1. The summed E-state index contributed by atoms with van der Waals surface area (Å²) in [4.78, 5) is 12.7. The Morgan fingerprint density at radius 1 is 1.47 bits per heavy atom. The lowest BCUT2D eigenvalue weighted by molar-refractivity contribution is 0.00704. The Bertz CT molecular complexity index is 597. The van der Waals surface area contributed by atoms with Gasteiger partial charge in [-0.1, -0.05) is 0 Å². The van der Waals surface area contributed by atoms with Crippen molar-refractivity contribution < 1.29 is 9.47 Å². The van der Waals surface area contributed by atoms with Crippen molar-refractivity contribution in [2.45, 2.75) is 31.9 Å². The van der Waals surface area contributed by atoms with Gasteiger partial charge in [-0.05, 0) is 19.8 Å². The van der Waals surface area contributed by atoms with E-state index in [-0.39, 0.29) is 12.1 Å². The molecular formula is C12H17N5O2. The van der Waals surface area contributed by atoms with Gasteiger partial charge >= 0.3 is 0 Å². The van der Waals surface area contributed by atoms with Gasteiger partial charge in [-0.15, -0.1) is 0 Å². The maximum absolute atomic E-state index is 6.04. The smallest absolute Gasteiger partial charge is 0.245 e. The highest BCUT2D eigenvalue weighted by Crippen LogP contribution is 2.32. The van der Waals surface area contributed by atoms with Gasteiger partial charge < -0.3 is 15.2 Å². The number of fused-ring (bicyclic) bond motifs is 1. The molecule has 2 aromatic heterocycles. The van der Waals surface area contributed by atoms with Crippen molar-refractivity contribution in [3.8, 4) is 5.88 Å². The van der Waals surface area contributed by atoms with Gasteiger partial charge in [0.2, 0.25) is 11.8 Å². The van der Waals surface area contributed by atoms with Crippen LogP contribution >= 0.6 is 0 Å². The Kier molecular flexibility index (Phi) is 2.98. The first-order chi connectivity index (χ1) is 9.20. The molecule has 1 fully saturated rings. The summed E-state index contributed by atoms with van der Waals surface area (Å²) in [5, 5.41) is 0. The maximum Gasteiger partial charge on any atom is 0.245 e. The van der Waals surface area contributed by atoms with E-state index in [1.807, 2.05) is 4.57 Å². The van der Waals surface area contributed by atoms with Crippen molar-refractivity contribution in [3.63, 3.8) is 0 Å². The summed E-state index contributed by atoms with van der Waals surface area (Å²) in [5.74, 6) is 0.906. The van der Waals surface area contributed by atoms with Crippen LogP contribution in [0.15, 0.2) is 6.33 Å². The van der Waals surface area contributed by atoms with Crippen molar-refractivity contribution in [3.05, 3.63) is 6.33 Å². The molecule has 3 rings (SSSR count). The van der Waals surface area contributed by atoms with Crippen LogP contribution in [-0.2, 0) is 4.74 Å². The van der Waals surface area contributed by atoms with Gasteiger partial charge in [0, 0.05) is 12.6 Å². The number of rotatable bonds is 2. The summed E-state index contributed by atoms with van der Waals surface area (Å²) in [7, 11) is 1.56. The summed E-state index contributed by atoms with van der Waals surface area (Å²) in [6.45, 7) is 2.80. The molecule has 0 saturated carbocycles. The van der Waals surface area contributed by atoms with Crippen molar-refractivity contribution in [2.24, 2.45) is 0 Å². The third-order valence-electron chi connectivity index (χ3n) is 3.49. The number of imidazole rings is 1. The maximum atomic E-state index is 6.04. The molecule has 0 radical (unpaired) electrons. The molecule has 19 heavy (non-hydrogen) atoms. The molecule has 2 aromatic rings. The van der Waals surface area contributed by atoms with Crippen molar-refractivity contribution in [1.29, 1.82) is 0 Å². The molecule has 2 N–H and O–H groups in total. The van der Waals surface area contributed by atoms with E-state index in [0.717, 1.165) is 25.1 Å². The quantitative estimate of drug-likeness (QED) is 0.874. The predicted molar refractivity (Wildman–Crippen MR) is 70.0 cm³/mol. The first kappa shape index (κ1) is 12.2. The number of ether oxygens (including phenoxy) is 2. The minimum Gasteiger partial charge on any atom is -0.479 e.